The third-order valence-corrected chi connectivity index (χ3v) is 9.17. The SMILES string of the molecule is Clc1ccccc1.O=C(O)C[C@H]1CC[C@]2(C(=O)N(COCCSI)c3cc(Cl)ccc32)N(CC2CC2)C1=O. The van der Waals surface area contributed by atoms with Crippen molar-refractivity contribution in [2.45, 2.75) is 37.6 Å². The molecule has 1 saturated heterocycles. The number of carboxylic acid groups (broad SMARTS) is 1. The Morgan fingerprint density at radius 1 is 1.11 bits per heavy atom. The van der Waals surface area contributed by atoms with Crippen LogP contribution in [0.3, 0.4) is 0 Å². The Labute approximate surface area is 248 Å². The topological polar surface area (TPSA) is 87.2 Å². The number of ether oxygens (including phenoxy) is 1. The van der Waals surface area contributed by atoms with Crippen LogP contribution in [0.25, 0.3) is 0 Å². The number of likely N-dealkylation sites (tertiary alicyclic amines) is 1. The molecular weight excluding hydrogens is 662 g/mol. The molecule has 0 radical (unpaired) electrons. The Morgan fingerprint density at radius 2 is 1.84 bits per heavy atom. The van der Waals surface area contributed by atoms with Gasteiger partial charge in [0, 0.05) is 33.8 Å². The van der Waals surface area contributed by atoms with E-state index in [0.29, 0.717) is 42.6 Å². The zero-order valence-corrected chi connectivity index (χ0v) is 25.1. The normalized spacial score (nSPS) is 22.3. The van der Waals surface area contributed by atoms with Crippen molar-refractivity contribution in [1.29, 1.82) is 0 Å². The third kappa shape index (κ3) is 6.60. The second kappa shape index (κ2) is 13.2. The second-order valence-corrected chi connectivity index (χ2v) is 13.0. The lowest BCUT2D eigenvalue weighted by Gasteiger charge is -2.46. The van der Waals surface area contributed by atoms with Gasteiger partial charge in [-0.3, -0.25) is 19.3 Å². The van der Waals surface area contributed by atoms with Gasteiger partial charge >= 0.3 is 5.97 Å². The molecule has 5 rings (SSSR count). The Balaban J connectivity index is 0.000000417. The van der Waals surface area contributed by atoms with E-state index in [1.165, 1.54) is 0 Å². The van der Waals surface area contributed by atoms with Crippen LogP contribution in [-0.4, -0.2) is 53.4 Å². The third-order valence-electron chi connectivity index (χ3n) is 7.04. The smallest absolute Gasteiger partial charge is 0.304 e. The number of benzene rings is 2. The molecule has 7 nitrogen and oxygen atoms in total. The fraction of sp³-hybridized carbons (Fsp3) is 0.444. The van der Waals surface area contributed by atoms with Crippen LogP contribution < -0.4 is 4.90 Å². The Morgan fingerprint density at radius 3 is 2.45 bits per heavy atom. The first kappa shape index (κ1) is 29.5. The number of aliphatic carboxylic acids is 1. The van der Waals surface area contributed by atoms with E-state index in [0.717, 1.165) is 29.2 Å². The van der Waals surface area contributed by atoms with E-state index in [-0.39, 0.29) is 25.0 Å². The van der Waals surface area contributed by atoms with Crippen LogP contribution in [-0.2, 0) is 24.7 Å². The molecule has 38 heavy (non-hydrogen) atoms. The number of hydrogen-bond acceptors (Lipinski definition) is 5. The molecule has 1 spiro atoms. The number of anilines is 1. The highest BCUT2D eigenvalue weighted by Crippen LogP contribution is 2.52. The molecule has 2 amide bonds. The van der Waals surface area contributed by atoms with Gasteiger partial charge in [0.25, 0.3) is 5.91 Å². The van der Waals surface area contributed by atoms with Gasteiger partial charge in [-0.05, 0) is 77.1 Å². The van der Waals surface area contributed by atoms with Crippen LogP contribution in [0, 0.1) is 11.8 Å². The Hall–Kier alpha value is -1.53. The highest BCUT2D eigenvalue weighted by molar-refractivity contribution is 14.2. The van der Waals surface area contributed by atoms with Crippen molar-refractivity contribution in [1.82, 2.24) is 4.90 Å². The van der Waals surface area contributed by atoms with Crippen molar-refractivity contribution in [3.05, 3.63) is 64.1 Å². The molecule has 2 heterocycles. The van der Waals surface area contributed by atoms with Gasteiger partial charge in [0.15, 0.2) is 0 Å². The van der Waals surface area contributed by atoms with Crippen LogP contribution in [0.15, 0.2) is 48.5 Å². The molecular formula is C27H29Cl2IN2O5S. The van der Waals surface area contributed by atoms with Crippen molar-refractivity contribution in [3.8, 4) is 0 Å². The minimum Gasteiger partial charge on any atom is -0.481 e. The van der Waals surface area contributed by atoms with Crippen molar-refractivity contribution < 1.29 is 24.2 Å². The summed E-state index contributed by atoms with van der Waals surface area (Å²) >= 11 is 14.0. The van der Waals surface area contributed by atoms with E-state index in [4.69, 9.17) is 27.9 Å². The van der Waals surface area contributed by atoms with Crippen molar-refractivity contribution in [2.24, 2.45) is 11.8 Å². The summed E-state index contributed by atoms with van der Waals surface area (Å²) in [5, 5.41) is 10.6. The van der Waals surface area contributed by atoms with E-state index in [1.54, 1.807) is 30.9 Å². The summed E-state index contributed by atoms with van der Waals surface area (Å²) in [6.45, 7) is 1.07. The highest BCUT2D eigenvalue weighted by atomic mass is 127. The second-order valence-electron chi connectivity index (χ2n) is 9.63. The highest BCUT2D eigenvalue weighted by Gasteiger charge is 2.59. The van der Waals surface area contributed by atoms with Gasteiger partial charge in [0.2, 0.25) is 5.91 Å². The minimum atomic E-state index is -1.12. The number of hydrogen-bond donors (Lipinski definition) is 1. The zero-order valence-electron chi connectivity index (χ0n) is 20.7. The number of carbonyl (C=O) groups is 3. The van der Waals surface area contributed by atoms with Crippen molar-refractivity contribution >= 4 is 76.8 Å². The molecule has 2 aromatic rings. The van der Waals surface area contributed by atoms with Gasteiger partial charge in [-0.15, -0.1) is 0 Å². The van der Waals surface area contributed by atoms with Gasteiger partial charge in [0.05, 0.1) is 18.7 Å². The van der Waals surface area contributed by atoms with Gasteiger partial charge in [-0.2, -0.15) is 0 Å². The number of carbonyl (C=O) groups excluding carboxylic acids is 2. The van der Waals surface area contributed by atoms with E-state index in [1.807, 2.05) is 36.4 Å². The lowest BCUT2D eigenvalue weighted by molar-refractivity contribution is -0.159. The molecule has 3 aliphatic rings. The Bertz CT molecular complexity index is 1170. The largest absolute Gasteiger partial charge is 0.481 e. The fourth-order valence-electron chi connectivity index (χ4n) is 5.07. The minimum absolute atomic E-state index is 0.0924. The predicted octanol–water partition coefficient (Wildman–Crippen LogP) is 6.40. The maximum absolute atomic E-state index is 13.9. The summed E-state index contributed by atoms with van der Waals surface area (Å²) in [4.78, 5) is 41.9. The van der Waals surface area contributed by atoms with Gasteiger partial charge < -0.3 is 14.7 Å². The molecule has 1 N–H and O–H groups in total. The first-order chi connectivity index (χ1) is 18.3. The number of amides is 2. The number of piperidine rings is 1. The van der Waals surface area contributed by atoms with E-state index in [2.05, 4.69) is 21.2 Å². The van der Waals surface area contributed by atoms with Gasteiger partial charge in [-0.25, -0.2) is 0 Å². The van der Waals surface area contributed by atoms with E-state index >= 15 is 0 Å². The lowest BCUT2D eigenvalue weighted by atomic mass is 9.76. The quantitative estimate of drug-likeness (QED) is 0.242. The number of nitrogens with zero attached hydrogens (tertiary/aromatic N) is 2. The van der Waals surface area contributed by atoms with Crippen LogP contribution in [0.5, 0.6) is 0 Å². The van der Waals surface area contributed by atoms with E-state index in [9.17, 15) is 19.5 Å². The number of halogens is 3. The summed E-state index contributed by atoms with van der Waals surface area (Å²) in [6.07, 6.45) is 2.59. The first-order valence-corrected chi connectivity index (χ1v) is 16.7. The number of carboxylic acids is 1. The van der Waals surface area contributed by atoms with Gasteiger partial charge in [0.1, 0.15) is 12.3 Å². The van der Waals surface area contributed by atoms with E-state index < -0.39 is 17.4 Å². The number of fused-ring (bicyclic) bond motifs is 2. The zero-order chi connectivity index (χ0) is 27.3. The summed E-state index contributed by atoms with van der Waals surface area (Å²) in [5.74, 6) is -0.850. The molecule has 2 fully saturated rings. The lowest BCUT2D eigenvalue weighted by Crippen LogP contribution is -2.60. The summed E-state index contributed by atoms with van der Waals surface area (Å²) in [7, 11) is 1.63. The maximum Gasteiger partial charge on any atom is 0.304 e. The summed E-state index contributed by atoms with van der Waals surface area (Å²) < 4.78 is 5.74. The monoisotopic (exact) mass is 690 g/mol. The van der Waals surface area contributed by atoms with Crippen molar-refractivity contribution in [3.63, 3.8) is 0 Å². The maximum atomic E-state index is 13.9. The Kier molecular flexibility index (Phi) is 10.2. The summed E-state index contributed by atoms with van der Waals surface area (Å²) in [6, 6.07) is 14.8. The fourth-order valence-corrected chi connectivity index (χ4v) is 6.10. The van der Waals surface area contributed by atoms with Gasteiger partial charge in [-0.1, -0.05) is 56.4 Å². The molecule has 1 saturated carbocycles. The number of rotatable bonds is 9. The molecule has 11 heteroatoms. The summed E-state index contributed by atoms with van der Waals surface area (Å²) in [5.41, 5.74) is 0.317. The average Bonchev–Trinajstić information content (AvgIpc) is 3.68. The molecule has 1 aliphatic carbocycles. The van der Waals surface area contributed by atoms with Crippen molar-refractivity contribution in [2.75, 3.05) is 30.5 Å². The van der Waals surface area contributed by atoms with Crippen LogP contribution >= 0.6 is 53.3 Å². The molecule has 0 aromatic heterocycles. The molecule has 204 valence electrons. The molecule has 2 atom stereocenters. The van der Waals surface area contributed by atoms with Crippen LogP contribution in [0.2, 0.25) is 10.0 Å². The molecule has 0 bridgehead atoms. The average molecular weight is 691 g/mol. The first-order valence-electron chi connectivity index (χ1n) is 12.4. The van der Waals surface area contributed by atoms with Crippen LogP contribution in [0.1, 0.15) is 37.7 Å². The van der Waals surface area contributed by atoms with Crippen LogP contribution in [0.4, 0.5) is 5.69 Å². The standard InChI is InChI=1S/C21H24ClIN2O5S.C6H5Cl/c22-15-3-4-16-17(10-15)24(12-30-7-8-31-23)20(29)21(16)6-5-14(9-18(26)27)19(28)25(21)11-13-1-2-13;7-6-4-2-1-3-5-6/h3-4,10,13-14H,1-2,5-9,11-12H2,(H,26,27);1-5H/t14-,21+;/m1./s1. The molecule has 2 aromatic carbocycles. The predicted molar refractivity (Wildman–Crippen MR) is 159 cm³/mol. The molecule has 0 unspecified atom stereocenters. The molecule has 2 aliphatic heterocycles.